The molecule has 2 aliphatic heterocycles. The average Bonchev–Trinajstić information content (AvgIpc) is 3.46. The Bertz CT molecular complexity index is 1150. The number of carbonyl (C=O) groups is 1. The van der Waals surface area contributed by atoms with E-state index in [9.17, 15) is 4.79 Å². The van der Waals surface area contributed by atoms with Crippen molar-refractivity contribution >= 4 is 11.7 Å². The molecule has 4 heterocycles. The molecule has 1 amide bonds. The Labute approximate surface area is 195 Å². The highest BCUT2D eigenvalue weighted by Gasteiger charge is 2.33. The van der Waals surface area contributed by atoms with E-state index in [0.717, 1.165) is 67.4 Å². The Balaban J connectivity index is 1.44. The number of amides is 1. The summed E-state index contributed by atoms with van der Waals surface area (Å²) in [6.45, 7) is 9.53. The maximum Gasteiger partial charge on any atom is 0.228 e. The van der Waals surface area contributed by atoms with E-state index in [0.29, 0.717) is 13.0 Å². The average molecular weight is 445 g/mol. The standard InChI is InChI=1S/C26H32N6O/c1-4-31-16-21(14-27-31)15-30-13-5-6-23(30)25-28-19(3)22-11-12-24(33)32(26(22)29-25)17-20-9-7-18(2)8-10-20/h7-10,14,16,23H,4-6,11-13,15,17H2,1-3H3/t23-/m1/s1. The first-order valence-corrected chi connectivity index (χ1v) is 12.0. The highest BCUT2D eigenvalue weighted by atomic mass is 16.2. The number of likely N-dealkylation sites (tertiary alicyclic amines) is 1. The SMILES string of the molecule is CCn1cc(CN2CCC[C@@H]2c2nc(C)c3c(n2)N(Cc2ccc(C)cc2)C(=O)CC3)cn1. The second-order valence-corrected chi connectivity index (χ2v) is 9.27. The number of aryl methyl sites for hydroxylation is 3. The van der Waals surface area contributed by atoms with Gasteiger partial charge in [0.15, 0.2) is 0 Å². The number of fused-ring (bicyclic) bond motifs is 1. The third kappa shape index (κ3) is 4.42. The molecule has 0 saturated carbocycles. The summed E-state index contributed by atoms with van der Waals surface area (Å²) in [5.74, 6) is 1.79. The fourth-order valence-electron chi connectivity index (χ4n) is 4.99. The number of rotatable bonds is 6. The van der Waals surface area contributed by atoms with Gasteiger partial charge in [-0.05, 0) is 52.1 Å². The number of hydrogen-bond acceptors (Lipinski definition) is 5. The van der Waals surface area contributed by atoms with Crippen LogP contribution < -0.4 is 4.90 Å². The van der Waals surface area contributed by atoms with Crippen LogP contribution in [0.25, 0.3) is 0 Å². The highest BCUT2D eigenvalue weighted by molar-refractivity contribution is 5.95. The Morgan fingerprint density at radius 2 is 1.85 bits per heavy atom. The van der Waals surface area contributed by atoms with Crippen molar-refractivity contribution in [2.24, 2.45) is 0 Å². The molecule has 1 fully saturated rings. The molecule has 0 aliphatic carbocycles. The van der Waals surface area contributed by atoms with Gasteiger partial charge in [0.1, 0.15) is 11.6 Å². The van der Waals surface area contributed by atoms with E-state index in [1.54, 1.807) is 0 Å². The summed E-state index contributed by atoms with van der Waals surface area (Å²) in [5, 5.41) is 4.42. The fourth-order valence-corrected chi connectivity index (χ4v) is 4.99. The summed E-state index contributed by atoms with van der Waals surface area (Å²) in [7, 11) is 0. The van der Waals surface area contributed by atoms with Crippen LogP contribution in [0.2, 0.25) is 0 Å². The smallest absolute Gasteiger partial charge is 0.228 e. The molecule has 1 aromatic carbocycles. The van der Waals surface area contributed by atoms with E-state index >= 15 is 0 Å². The minimum Gasteiger partial charge on any atom is -0.292 e. The molecule has 2 aliphatic rings. The number of carbonyl (C=O) groups excluding carboxylic acids is 1. The third-order valence-corrected chi connectivity index (χ3v) is 6.87. The maximum absolute atomic E-state index is 13.0. The molecule has 0 N–H and O–H groups in total. The predicted octanol–water partition coefficient (Wildman–Crippen LogP) is 4.13. The zero-order valence-corrected chi connectivity index (χ0v) is 19.8. The van der Waals surface area contributed by atoms with Gasteiger partial charge in [0.2, 0.25) is 5.91 Å². The first-order chi connectivity index (χ1) is 16.0. The van der Waals surface area contributed by atoms with E-state index < -0.39 is 0 Å². The van der Waals surface area contributed by atoms with Crippen molar-refractivity contribution in [3.63, 3.8) is 0 Å². The van der Waals surface area contributed by atoms with Crippen molar-refractivity contribution < 1.29 is 4.79 Å². The summed E-state index contributed by atoms with van der Waals surface area (Å²) in [4.78, 5) is 27.3. The number of hydrogen-bond donors (Lipinski definition) is 0. The van der Waals surface area contributed by atoms with Gasteiger partial charge < -0.3 is 0 Å². The van der Waals surface area contributed by atoms with Crippen LogP contribution in [0.15, 0.2) is 36.7 Å². The highest BCUT2D eigenvalue weighted by Crippen LogP contribution is 2.35. The third-order valence-electron chi connectivity index (χ3n) is 6.87. The molecular weight excluding hydrogens is 412 g/mol. The van der Waals surface area contributed by atoms with Crippen LogP contribution >= 0.6 is 0 Å². The Morgan fingerprint density at radius 3 is 2.61 bits per heavy atom. The summed E-state index contributed by atoms with van der Waals surface area (Å²) in [6, 6.07) is 8.55. The Hall–Kier alpha value is -3.06. The fraction of sp³-hybridized carbons (Fsp3) is 0.462. The first kappa shape index (κ1) is 21.8. The van der Waals surface area contributed by atoms with E-state index in [1.807, 2.05) is 15.8 Å². The lowest BCUT2D eigenvalue weighted by Gasteiger charge is -2.31. The number of nitrogens with zero attached hydrogens (tertiary/aromatic N) is 6. The van der Waals surface area contributed by atoms with Gasteiger partial charge in [-0.3, -0.25) is 19.3 Å². The molecule has 0 unspecified atom stereocenters. The van der Waals surface area contributed by atoms with Crippen LogP contribution in [0.1, 0.15) is 66.0 Å². The monoisotopic (exact) mass is 444 g/mol. The largest absolute Gasteiger partial charge is 0.292 e. The normalized spacial score (nSPS) is 18.7. The van der Waals surface area contributed by atoms with Gasteiger partial charge in [-0.1, -0.05) is 29.8 Å². The topological polar surface area (TPSA) is 67.2 Å². The minimum atomic E-state index is 0.141. The number of aromatic nitrogens is 4. The van der Waals surface area contributed by atoms with Crippen LogP contribution in [-0.4, -0.2) is 37.1 Å². The molecule has 0 bridgehead atoms. The first-order valence-electron chi connectivity index (χ1n) is 12.0. The number of benzene rings is 1. The molecule has 5 rings (SSSR count). The maximum atomic E-state index is 13.0. The van der Waals surface area contributed by atoms with Crippen LogP contribution in [0.3, 0.4) is 0 Å². The molecule has 7 nitrogen and oxygen atoms in total. The zero-order valence-electron chi connectivity index (χ0n) is 19.8. The zero-order chi connectivity index (χ0) is 22.9. The van der Waals surface area contributed by atoms with E-state index in [-0.39, 0.29) is 11.9 Å². The van der Waals surface area contributed by atoms with Crippen LogP contribution in [-0.2, 0) is 30.8 Å². The molecule has 2 aromatic heterocycles. The van der Waals surface area contributed by atoms with Gasteiger partial charge in [-0.25, -0.2) is 9.97 Å². The molecule has 0 spiro atoms. The van der Waals surface area contributed by atoms with Crippen molar-refractivity contribution in [2.45, 2.75) is 72.1 Å². The van der Waals surface area contributed by atoms with Crippen molar-refractivity contribution in [3.05, 3.63) is 70.4 Å². The molecule has 1 atom stereocenters. The summed E-state index contributed by atoms with van der Waals surface area (Å²) < 4.78 is 1.97. The molecule has 7 heteroatoms. The molecular formula is C26H32N6O. The summed E-state index contributed by atoms with van der Waals surface area (Å²) >= 11 is 0. The van der Waals surface area contributed by atoms with E-state index in [1.165, 1.54) is 11.1 Å². The summed E-state index contributed by atoms with van der Waals surface area (Å²) in [5.41, 5.74) is 5.67. The van der Waals surface area contributed by atoms with Gasteiger partial charge in [-0.2, -0.15) is 5.10 Å². The van der Waals surface area contributed by atoms with Gasteiger partial charge in [0.05, 0.1) is 18.8 Å². The van der Waals surface area contributed by atoms with Crippen molar-refractivity contribution in [3.8, 4) is 0 Å². The van der Waals surface area contributed by atoms with Crippen LogP contribution in [0.4, 0.5) is 5.82 Å². The van der Waals surface area contributed by atoms with Crippen molar-refractivity contribution in [1.29, 1.82) is 0 Å². The molecule has 33 heavy (non-hydrogen) atoms. The molecule has 3 aromatic rings. The molecule has 1 saturated heterocycles. The lowest BCUT2D eigenvalue weighted by atomic mass is 10.0. The molecule has 0 radical (unpaired) electrons. The summed E-state index contributed by atoms with van der Waals surface area (Å²) in [6.07, 6.45) is 7.47. The lowest BCUT2D eigenvalue weighted by molar-refractivity contribution is -0.119. The van der Waals surface area contributed by atoms with Crippen molar-refractivity contribution in [2.75, 3.05) is 11.4 Å². The quantitative estimate of drug-likeness (QED) is 0.572. The van der Waals surface area contributed by atoms with Crippen LogP contribution in [0, 0.1) is 13.8 Å². The van der Waals surface area contributed by atoms with Gasteiger partial charge in [-0.15, -0.1) is 0 Å². The lowest BCUT2D eigenvalue weighted by Crippen LogP contribution is -2.37. The second-order valence-electron chi connectivity index (χ2n) is 9.27. The van der Waals surface area contributed by atoms with Gasteiger partial charge in [0, 0.05) is 42.5 Å². The number of anilines is 1. The predicted molar refractivity (Wildman–Crippen MR) is 128 cm³/mol. The van der Waals surface area contributed by atoms with Gasteiger partial charge in [0.25, 0.3) is 0 Å². The van der Waals surface area contributed by atoms with E-state index in [4.69, 9.17) is 9.97 Å². The minimum absolute atomic E-state index is 0.141. The van der Waals surface area contributed by atoms with E-state index in [2.05, 4.69) is 61.2 Å². The van der Waals surface area contributed by atoms with Crippen molar-refractivity contribution in [1.82, 2.24) is 24.6 Å². The van der Waals surface area contributed by atoms with Gasteiger partial charge >= 0.3 is 0 Å². The Kier molecular flexibility index (Phi) is 5.98. The van der Waals surface area contributed by atoms with Crippen LogP contribution in [0.5, 0.6) is 0 Å². The molecule has 172 valence electrons. The Morgan fingerprint density at radius 1 is 1.03 bits per heavy atom. The second kappa shape index (κ2) is 9.06.